The number of sulfonamides is 1. The molecule has 1 N–H and O–H groups in total. The molecule has 0 aromatic heterocycles. The topological polar surface area (TPSA) is 66.5 Å². The van der Waals surface area contributed by atoms with Crippen LogP contribution >= 0.6 is 0 Å². The Balaban J connectivity index is 1.65. The Labute approximate surface area is 143 Å². The van der Waals surface area contributed by atoms with Crippen molar-refractivity contribution in [2.24, 2.45) is 17.8 Å². The molecule has 2 aliphatic rings. The molecule has 3 atom stereocenters. The Morgan fingerprint density at radius 1 is 1.25 bits per heavy atom. The molecule has 1 unspecified atom stereocenters. The van der Waals surface area contributed by atoms with Gasteiger partial charge in [-0.15, -0.1) is 6.42 Å². The molecule has 3 rings (SSSR count). The van der Waals surface area contributed by atoms with Crippen molar-refractivity contribution in [1.82, 2.24) is 9.62 Å². The van der Waals surface area contributed by atoms with E-state index in [0.29, 0.717) is 18.0 Å². The molecule has 0 spiro atoms. The Hall–Kier alpha value is -1.84. The van der Waals surface area contributed by atoms with Gasteiger partial charge in [0.25, 0.3) is 0 Å². The van der Waals surface area contributed by atoms with Crippen LogP contribution in [0.15, 0.2) is 29.2 Å². The van der Waals surface area contributed by atoms with E-state index in [9.17, 15) is 13.2 Å². The molecule has 1 aromatic rings. The second-order valence-corrected chi connectivity index (χ2v) is 9.19. The third-order valence-corrected chi connectivity index (χ3v) is 6.76. The highest BCUT2D eigenvalue weighted by Crippen LogP contribution is 2.53. The van der Waals surface area contributed by atoms with Crippen LogP contribution in [0.2, 0.25) is 0 Å². The lowest BCUT2D eigenvalue weighted by atomic mass is 10.1. The molecule has 1 saturated heterocycles. The van der Waals surface area contributed by atoms with Crippen LogP contribution in [-0.2, 0) is 14.8 Å². The molecule has 2 fully saturated rings. The summed E-state index contributed by atoms with van der Waals surface area (Å²) >= 11 is 0. The van der Waals surface area contributed by atoms with E-state index in [1.54, 1.807) is 38.1 Å². The number of fused-ring (bicyclic) bond motifs is 1. The molecular formula is C18H22N2O3S. The molecular weight excluding hydrogens is 324 g/mol. The number of rotatable bonds is 4. The van der Waals surface area contributed by atoms with Gasteiger partial charge in [-0.1, -0.05) is 23.6 Å². The molecule has 24 heavy (non-hydrogen) atoms. The van der Waals surface area contributed by atoms with Crippen LogP contribution < -0.4 is 5.32 Å². The minimum atomic E-state index is -3.48. The fourth-order valence-corrected chi connectivity index (χ4v) is 4.87. The van der Waals surface area contributed by atoms with Crippen molar-refractivity contribution in [3.05, 3.63) is 29.8 Å². The summed E-state index contributed by atoms with van der Waals surface area (Å²) in [6.07, 6.45) is 5.39. The van der Waals surface area contributed by atoms with E-state index in [1.807, 2.05) is 6.92 Å². The minimum absolute atomic E-state index is 0.0691. The number of hydrogen-bond donors (Lipinski definition) is 1. The van der Waals surface area contributed by atoms with Crippen LogP contribution in [0.5, 0.6) is 0 Å². The maximum Gasteiger partial charge on any atom is 0.243 e. The van der Waals surface area contributed by atoms with E-state index < -0.39 is 15.6 Å². The van der Waals surface area contributed by atoms with E-state index in [1.165, 1.54) is 4.31 Å². The zero-order chi connectivity index (χ0) is 17.7. The van der Waals surface area contributed by atoms with E-state index in [4.69, 9.17) is 6.42 Å². The lowest BCUT2D eigenvalue weighted by molar-refractivity contribution is -0.124. The van der Waals surface area contributed by atoms with Gasteiger partial charge >= 0.3 is 0 Å². The van der Waals surface area contributed by atoms with Gasteiger partial charge in [-0.25, -0.2) is 8.42 Å². The van der Waals surface area contributed by atoms with Crippen molar-refractivity contribution >= 4 is 15.9 Å². The van der Waals surface area contributed by atoms with Crippen LogP contribution in [0.1, 0.15) is 19.4 Å². The molecule has 1 aliphatic carbocycles. The number of hydrogen-bond acceptors (Lipinski definition) is 3. The highest BCUT2D eigenvalue weighted by Gasteiger charge is 2.61. The second-order valence-electron chi connectivity index (χ2n) is 7.25. The molecule has 128 valence electrons. The molecule has 0 radical (unpaired) electrons. The van der Waals surface area contributed by atoms with Gasteiger partial charge in [0.05, 0.1) is 10.4 Å². The molecule has 5 nitrogen and oxygen atoms in total. The van der Waals surface area contributed by atoms with Crippen LogP contribution in [0, 0.1) is 37.0 Å². The number of nitrogens with zero attached hydrogens (tertiary/aromatic N) is 1. The average molecular weight is 346 g/mol. The van der Waals surface area contributed by atoms with Crippen molar-refractivity contribution in [2.45, 2.75) is 31.2 Å². The lowest BCUT2D eigenvalue weighted by Crippen LogP contribution is -2.44. The zero-order valence-electron chi connectivity index (χ0n) is 14.1. The van der Waals surface area contributed by atoms with Crippen molar-refractivity contribution in [3.63, 3.8) is 0 Å². The summed E-state index contributed by atoms with van der Waals surface area (Å²) < 4.78 is 26.8. The van der Waals surface area contributed by atoms with Crippen LogP contribution in [0.3, 0.4) is 0 Å². The largest absolute Gasteiger partial charge is 0.340 e. The Morgan fingerprint density at radius 2 is 1.79 bits per heavy atom. The van der Waals surface area contributed by atoms with Gasteiger partial charge in [0.1, 0.15) is 0 Å². The summed E-state index contributed by atoms with van der Waals surface area (Å²) in [4.78, 5) is 12.6. The van der Waals surface area contributed by atoms with Crippen molar-refractivity contribution < 1.29 is 13.2 Å². The highest BCUT2D eigenvalue weighted by molar-refractivity contribution is 7.89. The van der Waals surface area contributed by atoms with Gasteiger partial charge < -0.3 is 5.32 Å². The summed E-state index contributed by atoms with van der Waals surface area (Å²) in [5, 5.41) is 2.84. The first-order valence-corrected chi connectivity index (χ1v) is 9.46. The van der Waals surface area contributed by atoms with Gasteiger partial charge in [0.2, 0.25) is 15.9 Å². The Bertz CT molecular complexity index is 794. The third-order valence-electron chi connectivity index (χ3n) is 4.92. The first-order valence-electron chi connectivity index (χ1n) is 8.02. The predicted molar refractivity (Wildman–Crippen MR) is 91.5 cm³/mol. The number of carbonyl (C=O) groups excluding carboxylic acids is 1. The monoisotopic (exact) mass is 346 g/mol. The number of aryl methyl sites for hydroxylation is 1. The minimum Gasteiger partial charge on any atom is -0.340 e. The van der Waals surface area contributed by atoms with E-state index in [-0.39, 0.29) is 23.7 Å². The smallest absolute Gasteiger partial charge is 0.243 e. The lowest BCUT2D eigenvalue weighted by Gasteiger charge is -2.22. The molecule has 1 aliphatic heterocycles. The maximum absolute atomic E-state index is 12.7. The molecule has 0 bridgehead atoms. The van der Waals surface area contributed by atoms with Crippen molar-refractivity contribution in [2.75, 3.05) is 13.1 Å². The number of nitrogens with one attached hydrogen (secondary N) is 1. The SMILES string of the molecule is C#CC(C)(C)NC(=O)C1[C@H]2CN(S(=O)(=O)c3ccc(C)cc3)C[C@@H]12. The Kier molecular flexibility index (Phi) is 3.97. The van der Waals surface area contributed by atoms with Crippen molar-refractivity contribution in [3.8, 4) is 12.3 Å². The number of benzene rings is 1. The fourth-order valence-electron chi connectivity index (χ4n) is 3.36. The number of terminal acetylenes is 1. The molecule has 1 aromatic carbocycles. The van der Waals surface area contributed by atoms with E-state index in [0.717, 1.165) is 5.56 Å². The average Bonchev–Trinajstić information content (AvgIpc) is 3.02. The Morgan fingerprint density at radius 3 is 2.29 bits per heavy atom. The van der Waals surface area contributed by atoms with Gasteiger partial charge in [0, 0.05) is 19.0 Å². The van der Waals surface area contributed by atoms with E-state index in [2.05, 4.69) is 11.2 Å². The number of carbonyl (C=O) groups is 1. The first-order chi connectivity index (χ1) is 11.2. The van der Waals surface area contributed by atoms with Gasteiger partial charge in [-0.2, -0.15) is 4.31 Å². The number of piperidine rings is 1. The van der Waals surface area contributed by atoms with Gasteiger partial charge in [-0.05, 0) is 44.7 Å². The quantitative estimate of drug-likeness (QED) is 0.838. The van der Waals surface area contributed by atoms with Crippen LogP contribution in [-0.4, -0.2) is 37.3 Å². The fraction of sp³-hybridized carbons (Fsp3) is 0.500. The van der Waals surface area contributed by atoms with Crippen LogP contribution in [0.25, 0.3) is 0 Å². The third kappa shape index (κ3) is 2.94. The summed E-state index contributed by atoms with van der Waals surface area (Å²) in [7, 11) is -3.48. The summed E-state index contributed by atoms with van der Waals surface area (Å²) in [6, 6.07) is 6.85. The maximum atomic E-state index is 12.7. The standard InChI is InChI=1S/C18H22N2O3S/c1-5-18(3,4)19-17(21)16-14-10-20(11-15(14)16)24(22,23)13-8-6-12(2)7-9-13/h1,6-9,14-16H,10-11H2,2-4H3,(H,19,21)/t14-,15+,16?. The van der Waals surface area contributed by atoms with Crippen LogP contribution in [0.4, 0.5) is 0 Å². The summed E-state index contributed by atoms with van der Waals surface area (Å²) in [6.45, 7) is 6.27. The molecule has 1 heterocycles. The first kappa shape index (κ1) is 17.0. The predicted octanol–water partition coefficient (Wildman–Crippen LogP) is 1.39. The zero-order valence-corrected chi connectivity index (χ0v) is 14.9. The molecule has 6 heteroatoms. The van der Waals surface area contributed by atoms with Gasteiger partial charge in [0.15, 0.2) is 0 Å². The van der Waals surface area contributed by atoms with Gasteiger partial charge in [-0.3, -0.25) is 4.79 Å². The molecule has 1 amide bonds. The van der Waals surface area contributed by atoms with E-state index >= 15 is 0 Å². The second kappa shape index (κ2) is 5.61. The highest BCUT2D eigenvalue weighted by atomic mass is 32.2. The van der Waals surface area contributed by atoms with Crippen molar-refractivity contribution in [1.29, 1.82) is 0 Å². The normalized spacial score (nSPS) is 26.5. The number of amides is 1. The summed E-state index contributed by atoms with van der Waals surface area (Å²) in [5.41, 5.74) is 0.341. The molecule has 1 saturated carbocycles. The summed E-state index contributed by atoms with van der Waals surface area (Å²) in [5.74, 6) is 2.54.